The predicted octanol–water partition coefficient (Wildman–Crippen LogP) is 3.10. The smallest absolute Gasteiger partial charge is 0.188 e. The van der Waals surface area contributed by atoms with Gasteiger partial charge in [0.25, 0.3) is 0 Å². The summed E-state index contributed by atoms with van der Waals surface area (Å²) in [7, 11) is 0. The largest absolute Gasteiger partial charge is 0.316 e. The number of thiazole rings is 1. The first-order valence-electron chi connectivity index (χ1n) is 6.29. The number of nitrogens with one attached hydrogen (secondary N) is 2. The molecule has 1 atom stereocenters. The third-order valence-corrected chi connectivity index (χ3v) is 3.87. The van der Waals surface area contributed by atoms with Crippen LogP contribution in [0.3, 0.4) is 0 Å². The number of hydrogen-bond acceptors (Lipinski definition) is 5. The minimum atomic E-state index is 0.425. The van der Waals surface area contributed by atoms with Gasteiger partial charge >= 0.3 is 0 Å². The summed E-state index contributed by atoms with van der Waals surface area (Å²) in [6, 6.07) is 6.24. The van der Waals surface area contributed by atoms with Gasteiger partial charge < -0.3 is 10.6 Å². The Hall–Kier alpha value is -1.46. The van der Waals surface area contributed by atoms with Gasteiger partial charge in [-0.3, -0.25) is 0 Å². The third kappa shape index (κ3) is 2.68. The van der Waals surface area contributed by atoms with E-state index in [1.54, 1.807) is 17.5 Å². The molecule has 0 bridgehead atoms. The number of aromatic nitrogens is 2. The van der Waals surface area contributed by atoms with Gasteiger partial charge in [-0.2, -0.15) is 0 Å². The molecular formula is C13H16N4S. The van der Waals surface area contributed by atoms with Gasteiger partial charge in [0.2, 0.25) is 0 Å². The molecule has 3 heterocycles. The molecule has 0 spiro atoms. The highest BCUT2D eigenvalue weighted by Crippen LogP contribution is 2.27. The van der Waals surface area contributed by atoms with Crippen molar-refractivity contribution < 1.29 is 0 Å². The number of anilines is 2. The molecule has 4 nitrogen and oxygen atoms in total. The molecule has 1 saturated heterocycles. The van der Waals surface area contributed by atoms with Crippen LogP contribution in [-0.2, 0) is 0 Å². The van der Waals surface area contributed by atoms with Crippen molar-refractivity contribution in [3.63, 3.8) is 0 Å². The Morgan fingerprint density at radius 2 is 2.33 bits per heavy atom. The first-order chi connectivity index (χ1) is 8.92. The lowest BCUT2D eigenvalue weighted by atomic mass is 10.0. The van der Waals surface area contributed by atoms with Crippen molar-refractivity contribution in [2.45, 2.75) is 25.3 Å². The average Bonchev–Trinajstić information content (AvgIpc) is 2.89. The Kier molecular flexibility index (Phi) is 3.52. The van der Waals surface area contributed by atoms with Crippen molar-refractivity contribution in [1.29, 1.82) is 0 Å². The van der Waals surface area contributed by atoms with E-state index in [2.05, 4.69) is 26.0 Å². The fourth-order valence-corrected chi connectivity index (χ4v) is 2.93. The highest BCUT2D eigenvalue weighted by molar-refractivity contribution is 7.13. The van der Waals surface area contributed by atoms with Crippen LogP contribution in [0.25, 0.3) is 0 Å². The molecule has 1 aliphatic rings. The molecule has 2 aromatic rings. The number of piperidine rings is 1. The topological polar surface area (TPSA) is 49.8 Å². The van der Waals surface area contributed by atoms with Crippen LogP contribution in [0.5, 0.6) is 0 Å². The van der Waals surface area contributed by atoms with E-state index in [0.29, 0.717) is 6.04 Å². The van der Waals surface area contributed by atoms with E-state index in [-0.39, 0.29) is 0 Å². The van der Waals surface area contributed by atoms with Crippen LogP contribution >= 0.6 is 11.3 Å². The van der Waals surface area contributed by atoms with E-state index >= 15 is 0 Å². The molecule has 0 aliphatic carbocycles. The molecule has 3 rings (SSSR count). The molecule has 1 fully saturated rings. The van der Waals surface area contributed by atoms with E-state index < -0.39 is 0 Å². The maximum atomic E-state index is 4.63. The van der Waals surface area contributed by atoms with Gasteiger partial charge in [0.15, 0.2) is 5.13 Å². The molecule has 0 unspecified atom stereocenters. The normalized spacial score (nSPS) is 19.7. The molecule has 0 saturated carbocycles. The zero-order valence-corrected chi connectivity index (χ0v) is 10.9. The lowest BCUT2D eigenvalue weighted by Crippen LogP contribution is -2.26. The van der Waals surface area contributed by atoms with E-state index in [9.17, 15) is 0 Å². The Labute approximate surface area is 110 Å². The number of nitrogens with zero attached hydrogens (tertiary/aromatic N) is 2. The van der Waals surface area contributed by atoms with Crippen molar-refractivity contribution in [2.75, 3.05) is 11.9 Å². The van der Waals surface area contributed by atoms with Gasteiger partial charge in [0.05, 0.1) is 11.7 Å². The second-order valence-electron chi connectivity index (χ2n) is 4.42. The molecule has 0 amide bonds. The minimum Gasteiger partial charge on any atom is -0.316 e. The highest BCUT2D eigenvalue weighted by atomic mass is 32.1. The van der Waals surface area contributed by atoms with Crippen LogP contribution in [0.15, 0.2) is 29.8 Å². The fourth-order valence-electron chi connectivity index (χ4n) is 2.15. The molecule has 0 radical (unpaired) electrons. The van der Waals surface area contributed by atoms with Crippen molar-refractivity contribution in [3.05, 3.63) is 35.5 Å². The zero-order chi connectivity index (χ0) is 12.2. The van der Waals surface area contributed by atoms with Gasteiger partial charge in [-0.25, -0.2) is 9.97 Å². The lowest BCUT2D eigenvalue weighted by Gasteiger charge is -2.21. The van der Waals surface area contributed by atoms with E-state index in [1.165, 1.54) is 19.3 Å². The summed E-state index contributed by atoms with van der Waals surface area (Å²) in [5.41, 5.74) is 1.15. The van der Waals surface area contributed by atoms with Crippen LogP contribution in [0.2, 0.25) is 0 Å². The Balaban J connectivity index is 1.69. The summed E-state index contributed by atoms with van der Waals surface area (Å²) in [5, 5.41) is 9.79. The van der Waals surface area contributed by atoms with Crippen LogP contribution in [-0.4, -0.2) is 16.5 Å². The summed E-state index contributed by atoms with van der Waals surface area (Å²) >= 11 is 1.64. The van der Waals surface area contributed by atoms with Crippen molar-refractivity contribution in [2.24, 2.45) is 0 Å². The summed E-state index contributed by atoms with van der Waals surface area (Å²) in [6.07, 6.45) is 5.53. The second-order valence-corrected chi connectivity index (χ2v) is 5.28. The SMILES string of the molecule is c1ccc(Nc2nc([C@H]3CCCCN3)cs2)nc1. The summed E-state index contributed by atoms with van der Waals surface area (Å²) in [4.78, 5) is 8.87. The van der Waals surface area contributed by atoms with Crippen molar-refractivity contribution in [3.8, 4) is 0 Å². The van der Waals surface area contributed by atoms with Crippen molar-refractivity contribution >= 4 is 22.3 Å². The second kappa shape index (κ2) is 5.46. The molecule has 2 aromatic heterocycles. The van der Waals surface area contributed by atoms with Crippen LogP contribution < -0.4 is 10.6 Å². The van der Waals surface area contributed by atoms with Crippen LogP contribution in [0.1, 0.15) is 31.0 Å². The average molecular weight is 260 g/mol. The van der Waals surface area contributed by atoms with Gasteiger partial charge in [0.1, 0.15) is 5.82 Å². The molecule has 18 heavy (non-hydrogen) atoms. The fraction of sp³-hybridized carbons (Fsp3) is 0.385. The summed E-state index contributed by atoms with van der Waals surface area (Å²) in [6.45, 7) is 1.10. The summed E-state index contributed by atoms with van der Waals surface area (Å²) in [5.74, 6) is 0.843. The zero-order valence-electron chi connectivity index (χ0n) is 10.1. The van der Waals surface area contributed by atoms with Gasteiger partial charge in [0, 0.05) is 11.6 Å². The van der Waals surface area contributed by atoms with Gasteiger partial charge in [-0.1, -0.05) is 12.5 Å². The maximum absolute atomic E-state index is 4.63. The molecule has 94 valence electrons. The lowest BCUT2D eigenvalue weighted by molar-refractivity contribution is 0.407. The minimum absolute atomic E-state index is 0.425. The Bertz CT molecular complexity index is 491. The molecule has 0 aromatic carbocycles. The van der Waals surface area contributed by atoms with E-state index in [0.717, 1.165) is 23.2 Å². The van der Waals surface area contributed by atoms with Crippen LogP contribution in [0, 0.1) is 0 Å². The predicted molar refractivity (Wildman–Crippen MR) is 74.2 cm³/mol. The first-order valence-corrected chi connectivity index (χ1v) is 7.17. The Morgan fingerprint density at radius 1 is 1.33 bits per heavy atom. The number of pyridine rings is 1. The maximum Gasteiger partial charge on any atom is 0.188 e. The molecule has 2 N–H and O–H groups in total. The van der Waals surface area contributed by atoms with Crippen LogP contribution in [0.4, 0.5) is 10.9 Å². The monoisotopic (exact) mass is 260 g/mol. The molecule has 1 aliphatic heterocycles. The van der Waals surface area contributed by atoms with Gasteiger partial charge in [-0.15, -0.1) is 11.3 Å². The quantitative estimate of drug-likeness (QED) is 0.890. The highest BCUT2D eigenvalue weighted by Gasteiger charge is 2.17. The number of hydrogen-bond donors (Lipinski definition) is 2. The van der Waals surface area contributed by atoms with E-state index in [4.69, 9.17) is 0 Å². The first kappa shape index (κ1) is 11.6. The number of rotatable bonds is 3. The van der Waals surface area contributed by atoms with Crippen molar-refractivity contribution in [1.82, 2.24) is 15.3 Å². The Morgan fingerprint density at radius 3 is 3.11 bits per heavy atom. The molecular weight excluding hydrogens is 244 g/mol. The van der Waals surface area contributed by atoms with E-state index in [1.807, 2.05) is 18.2 Å². The third-order valence-electron chi connectivity index (χ3n) is 3.09. The summed E-state index contributed by atoms with van der Waals surface area (Å²) < 4.78 is 0. The standard InChI is InChI=1S/C13H16N4S/c1-3-7-14-10(5-1)11-9-18-13(16-11)17-12-6-2-4-8-15-12/h2,4,6,8-10,14H,1,3,5,7H2,(H,15,16,17)/t10-/m1/s1. The van der Waals surface area contributed by atoms with Gasteiger partial charge in [-0.05, 0) is 31.5 Å². The molecule has 5 heteroatoms.